The third kappa shape index (κ3) is 6.34. The summed E-state index contributed by atoms with van der Waals surface area (Å²) in [6.45, 7) is 4.13. The van der Waals surface area contributed by atoms with Crippen LogP contribution < -0.4 is 20.1 Å². The van der Waals surface area contributed by atoms with E-state index in [0.717, 1.165) is 49.3 Å². The van der Waals surface area contributed by atoms with Gasteiger partial charge in [-0.3, -0.25) is 9.59 Å². The Hall–Kier alpha value is -3.06. The molecule has 2 unspecified atom stereocenters. The van der Waals surface area contributed by atoms with Crippen molar-refractivity contribution in [2.75, 3.05) is 38.7 Å². The number of nitrogens with zero attached hydrogens (tertiary/aromatic N) is 1. The highest BCUT2D eigenvalue weighted by Gasteiger charge is 2.36. The summed E-state index contributed by atoms with van der Waals surface area (Å²) < 4.78 is 11.3. The number of carbonyl (C=O) groups excluding carboxylic acids is 2. The number of nitrogens with one attached hydrogen (secondary N) is 2. The van der Waals surface area contributed by atoms with Gasteiger partial charge in [0.2, 0.25) is 5.91 Å². The molecule has 0 aromatic heterocycles. The van der Waals surface area contributed by atoms with Crippen molar-refractivity contribution < 1.29 is 19.1 Å². The van der Waals surface area contributed by atoms with E-state index in [9.17, 15) is 9.59 Å². The van der Waals surface area contributed by atoms with Crippen molar-refractivity contribution in [2.45, 2.75) is 51.1 Å². The Bertz CT molecular complexity index is 1000. The molecule has 35 heavy (non-hydrogen) atoms. The van der Waals surface area contributed by atoms with Gasteiger partial charge in [-0.05, 0) is 62.4 Å². The average molecular weight is 480 g/mol. The minimum Gasteiger partial charge on any atom is -0.493 e. The number of ketones is 1. The first-order valence-electron chi connectivity index (χ1n) is 12.7. The van der Waals surface area contributed by atoms with Crippen molar-refractivity contribution in [1.82, 2.24) is 10.2 Å². The molecule has 0 saturated carbocycles. The van der Waals surface area contributed by atoms with E-state index in [-0.39, 0.29) is 29.7 Å². The summed E-state index contributed by atoms with van der Waals surface area (Å²) in [7, 11) is 1.64. The molecule has 7 heteroatoms. The molecule has 2 aliphatic rings. The maximum Gasteiger partial charge on any atom is 0.219 e. The molecule has 4 rings (SSSR count). The number of Topliss-reactive ketones (excluding diaryl/α,β-unsaturated/α-hetero) is 1. The van der Waals surface area contributed by atoms with Crippen molar-refractivity contribution in [3.8, 4) is 11.5 Å². The first kappa shape index (κ1) is 25.0. The van der Waals surface area contributed by atoms with Crippen molar-refractivity contribution in [2.24, 2.45) is 5.92 Å². The highest BCUT2D eigenvalue weighted by molar-refractivity contribution is 5.88. The summed E-state index contributed by atoms with van der Waals surface area (Å²) in [5, 5.41) is 7.19. The van der Waals surface area contributed by atoms with Gasteiger partial charge in [0.1, 0.15) is 0 Å². The first-order valence-corrected chi connectivity index (χ1v) is 12.7. The molecule has 2 heterocycles. The molecule has 2 N–H and O–H groups in total. The zero-order valence-electron chi connectivity index (χ0n) is 20.8. The van der Waals surface area contributed by atoms with Crippen LogP contribution in [0, 0.1) is 5.92 Å². The van der Waals surface area contributed by atoms with E-state index < -0.39 is 0 Å². The molecule has 2 aromatic carbocycles. The van der Waals surface area contributed by atoms with Gasteiger partial charge in [0, 0.05) is 37.7 Å². The molecule has 1 amide bonds. The van der Waals surface area contributed by atoms with E-state index in [4.69, 9.17) is 9.47 Å². The fourth-order valence-corrected chi connectivity index (χ4v) is 5.14. The van der Waals surface area contributed by atoms with Gasteiger partial charge in [-0.2, -0.15) is 0 Å². The minimum absolute atomic E-state index is 0.0214. The smallest absolute Gasteiger partial charge is 0.219 e. The molecule has 7 nitrogen and oxygen atoms in total. The van der Waals surface area contributed by atoms with Gasteiger partial charge in [0.15, 0.2) is 17.3 Å². The van der Waals surface area contributed by atoms with E-state index in [1.165, 1.54) is 5.56 Å². The van der Waals surface area contributed by atoms with Gasteiger partial charge in [-0.1, -0.05) is 30.3 Å². The standard InChI is InChI=1S/C28H37N3O4/c1-20(32)31-17-14-22(15-18-31)28(33)27(24-13-12-21-8-3-4-9-23(21)30-24)29-16-7-19-35-26-11-6-5-10-25(26)34-2/h3-6,8-11,22,24,27,29-30H,7,12-19H2,1-2H3. The van der Waals surface area contributed by atoms with Crippen molar-refractivity contribution >= 4 is 17.4 Å². The number of para-hydroxylation sites is 3. The monoisotopic (exact) mass is 479 g/mol. The summed E-state index contributed by atoms with van der Waals surface area (Å²) in [6.07, 6.45) is 4.10. The Morgan fingerprint density at radius 3 is 2.51 bits per heavy atom. The summed E-state index contributed by atoms with van der Waals surface area (Å²) in [6, 6.07) is 15.7. The highest BCUT2D eigenvalue weighted by Crippen LogP contribution is 2.29. The van der Waals surface area contributed by atoms with Crippen molar-refractivity contribution in [1.29, 1.82) is 0 Å². The molecule has 1 saturated heterocycles. The summed E-state index contributed by atoms with van der Waals surface area (Å²) in [4.78, 5) is 27.3. The summed E-state index contributed by atoms with van der Waals surface area (Å²) in [5.41, 5.74) is 2.42. The summed E-state index contributed by atoms with van der Waals surface area (Å²) in [5.74, 6) is 1.77. The van der Waals surface area contributed by atoms with Crippen LogP contribution in [0.4, 0.5) is 5.69 Å². The van der Waals surface area contributed by atoms with E-state index in [1.54, 1.807) is 14.0 Å². The van der Waals surface area contributed by atoms with Crippen LogP contribution in [0.2, 0.25) is 0 Å². The number of benzene rings is 2. The number of hydrogen-bond donors (Lipinski definition) is 2. The predicted molar refractivity (Wildman–Crippen MR) is 137 cm³/mol. The normalized spacial score (nSPS) is 18.8. The number of aryl methyl sites for hydroxylation is 1. The number of methoxy groups -OCH3 is 1. The van der Waals surface area contributed by atoms with Crippen LogP contribution in [0.1, 0.15) is 38.2 Å². The third-order valence-electron chi connectivity index (χ3n) is 7.15. The SMILES string of the molecule is COc1ccccc1OCCCNC(C(=O)C1CCN(C(C)=O)CC1)C1CCc2ccccc2N1. The zero-order chi connectivity index (χ0) is 24.6. The number of amides is 1. The van der Waals surface area contributed by atoms with Crippen molar-refractivity contribution in [3.05, 3.63) is 54.1 Å². The van der Waals surface area contributed by atoms with Gasteiger partial charge in [0.25, 0.3) is 0 Å². The second kappa shape index (κ2) is 12.1. The number of ether oxygens (including phenoxy) is 2. The maximum atomic E-state index is 13.7. The number of likely N-dealkylation sites (tertiary alicyclic amines) is 1. The van der Waals surface area contributed by atoms with Crippen LogP contribution in [-0.2, 0) is 16.0 Å². The van der Waals surface area contributed by atoms with Crippen molar-refractivity contribution in [3.63, 3.8) is 0 Å². The number of piperidine rings is 1. The number of hydrogen-bond acceptors (Lipinski definition) is 6. The van der Waals surface area contributed by atoms with Gasteiger partial charge in [0.05, 0.1) is 19.8 Å². The predicted octanol–water partition coefficient (Wildman–Crippen LogP) is 3.68. The lowest BCUT2D eigenvalue weighted by Crippen LogP contribution is -2.54. The van der Waals surface area contributed by atoms with Gasteiger partial charge in [-0.25, -0.2) is 0 Å². The highest BCUT2D eigenvalue weighted by atomic mass is 16.5. The second-order valence-electron chi connectivity index (χ2n) is 9.41. The molecule has 0 spiro atoms. The lowest BCUT2D eigenvalue weighted by Gasteiger charge is -2.37. The van der Waals surface area contributed by atoms with E-state index in [0.29, 0.717) is 26.2 Å². The summed E-state index contributed by atoms with van der Waals surface area (Å²) >= 11 is 0. The lowest BCUT2D eigenvalue weighted by atomic mass is 9.83. The van der Waals surface area contributed by atoms with Crippen LogP contribution in [-0.4, -0.2) is 62.0 Å². The Labute approximate surface area is 208 Å². The second-order valence-corrected chi connectivity index (χ2v) is 9.41. The first-order chi connectivity index (χ1) is 17.1. The average Bonchev–Trinajstić information content (AvgIpc) is 2.90. The van der Waals surface area contributed by atoms with E-state index >= 15 is 0 Å². The van der Waals surface area contributed by atoms with Gasteiger partial charge in [-0.15, -0.1) is 0 Å². The molecular formula is C28H37N3O4. The molecule has 0 aliphatic carbocycles. The van der Waals surface area contributed by atoms with Crippen LogP contribution in [0.25, 0.3) is 0 Å². The number of rotatable bonds is 10. The molecule has 1 fully saturated rings. The van der Waals surface area contributed by atoms with E-state index in [2.05, 4.69) is 28.8 Å². The van der Waals surface area contributed by atoms with E-state index in [1.807, 2.05) is 35.2 Å². The van der Waals surface area contributed by atoms with Crippen LogP contribution in [0.15, 0.2) is 48.5 Å². The topological polar surface area (TPSA) is 79.9 Å². The van der Waals surface area contributed by atoms with Crippen LogP contribution in [0.3, 0.4) is 0 Å². The van der Waals surface area contributed by atoms with Crippen LogP contribution >= 0.6 is 0 Å². The fraction of sp³-hybridized carbons (Fsp3) is 0.500. The Morgan fingerprint density at radius 2 is 1.77 bits per heavy atom. The Balaban J connectivity index is 1.37. The lowest BCUT2D eigenvalue weighted by molar-refractivity contribution is -0.134. The molecule has 0 radical (unpaired) electrons. The molecule has 2 aliphatic heterocycles. The molecule has 188 valence electrons. The van der Waals surface area contributed by atoms with Gasteiger partial charge < -0.3 is 25.0 Å². The number of fused-ring (bicyclic) bond motifs is 1. The van der Waals surface area contributed by atoms with Crippen LogP contribution in [0.5, 0.6) is 11.5 Å². The largest absolute Gasteiger partial charge is 0.493 e. The zero-order valence-corrected chi connectivity index (χ0v) is 20.8. The molecule has 2 atom stereocenters. The minimum atomic E-state index is -0.275. The fourth-order valence-electron chi connectivity index (χ4n) is 5.14. The Morgan fingerprint density at radius 1 is 1.06 bits per heavy atom. The number of carbonyl (C=O) groups is 2. The molecular weight excluding hydrogens is 442 g/mol. The maximum absolute atomic E-state index is 13.7. The quantitative estimate of drug-likeness (QED) is 0.506. The molecule has 2 aromatic rings. The Kier molecular flexibility index (Phi) is 8.64. The number of anilines is 1. The third-order valence-corrected chi connectivity index (χ3v) is 7.15. The molecule has 0 bridgehead atoms. The van der Waals surface area contributed by atoms with Gasteiger partial charge >= 0.3 is 0 Å².